The van der Waals surface area contributed by atoms with E-state index in [4.69, 9.17) is 0 Å². The Labute approximate surface area is 134 Å². The second kappa shape index (κ2) is 6.34. The fourth-order valence-electron chi connectivity index (χ4n) is 2.76. The quantitative estimate of drug-likeness (QED) is 0.789. The number of hydrogen-bond donors (Lipinski definition) is 2. The Kier molecular flexibility index (Phi) is 4.48. The number of amides is 1. The van der Waals surface area contributed by atoms with Gasteiger partial charge in [0, 0.05) is 23.3 Å². The highest BCUT2D eigenvalue weighted by Gasteiger charge is 2.42. The molecule has 4 nitrogen and oxygen atoms in total. The molecular weight excluding hydrogens is 330 g/mol. The smallest absolute Gasteiger partial charge is 0.255 e. The summed E-state index contributed by atoms with van der Waals surface area (Å²) in [6.07, 6.45) is 7.79. The van der Waals surface area contributed by atoms with Crippen LogP contribution in [-0.2, 0) is 0 Å². The topological polar surface area (TPSA) is 54.0 Å². The van der Waals surface area contributed by atoms with Crippen LogP contribution < -0.4 is 10.6 Å². The highest BCUT2D eigenvalue weighted by Crippen LogP contribution is 2.44. The molecule has 2 saturated carbocycles. The molecule has 21 heavy (non-hydrogen) atoms. The van der Waals surface area contributed by atoms with Crippen LogP contribution in [0.4, 0.5) is 5.82 Å². The van der Waals surface area contributed by atoms with Crippen LogP contribution in [0.1, 0.15) is 49.4 Å². The molecule has 0 radical (unpaired) electrons. The second-order valence-electron chi connectivity index (χ2n) is 6.15. The van der Waals surface area contributed by atoms with Crippen LogP contribution in [0, 0.1) is 11.8 Å². The lowest BCUT2D eigenvalue weighted by Gasteiger charge is -2.19. The van der Waals surface area contributed by atoms with Gasteiger partial charge in [0.1, 0.15) is 5.82 Å². The van der Waals surface area contributed by atoms with Crippen LogP contribution in [-0.4, -0.2) is 23.5 Å². The van der Waals surface area contributed by atoms with E-state index in [-0.39, 0.29) is 5.91 Å². The summed E-state index contributed by atoms with van der Waals surface area (Å²) in [5, 5.41) is 6.50. The molecule has 114 valence electrons. The molecule has 0 aliphatic heterocycles. The lowest BCUT2D eigenvalue weighted by atomic mass is 10.1. The van der Waals surface area contributed by atoms with Gasteiger partial charge in [-0.15, -0.1) is 0 Å². The molecule has 2 aliphatic carbocycles. The number of halogens is 1. The van der Waals surface area contributed by atoms with E-state index in [1.807, 2.05) is 6.07 Å². The minimum Gasteiger partial charge on any atom is -0.369 e. The van der Waals surface area contributed by atoms with Crippen molar-refractivity contribution >= 4 is 27.7 Å². The molecule has 0 spiro atoms. The van der Waals surface area contributed by atoms with Crippen molar-refractivity contribution in [3.05, 3.63) is 22.3 Å². The van der Waals surface area contributed by atoms with Gasteiger partial charge in [-0.3, -0.25) is 4.79 Å². The largest absolute Gasteiger partial charge is 0.369 e. The van der Waals surface area contributed by atoms with Crippen LogP contribution in [0.15, 0.2) is 16.7 Å². The van der Waals surface area contributed by atoms with Crippen molar-refractivity contribution in [2.45, 2.75) is 45.1 Å². The summed E-state index contributed by atoms with van der Waals surface area (Å²) in [5.41, 5.74) is 0.643. The maximum atomic E-state index is 12.6. The fraction of sp³-hybridized carbons (Fsp3) is 0.625. The molecule has 0 bridgehead atoms. The molecule has 0 atom stereocenters. The molecule has 5 heteroatoms. The van der Waals surface area contributed by atoms with E-state index < -0.39 is 0 Å². The predicted octanol–water partition coefficient (Wildman–Crippen LogP) is 3.58. The highest BCUT2D eigenvalue weighted by molar-refractivity contribution is 9.10. The third-order valence-corrected chi connectivity index (χ3v) is 4.63. The summed E-state index contributed by atoms with van der Waals surface area (Å²) < 4.78 is 0.837. The number of anilines is 1. The molecule has 1 heterocycles. The summed E-state index contributed by atoms with van der Waals surface area (Å²) >= 11 is 3.41. The number of rotatable bonds is 7. The fourth-order valence-corrected chi connectivity index (χ4v) is 3.09. The zero-order valence-electron chi connectivity index (χ0n) is 12.4. The van der Waals surface area contributed by atoms with E-state index in [0.717, 1.165) is 17.4 Å². The number of pyridine rings is 1. The van der Waals surface area contributed by atoms with Crippen LogP contribution >= 0.6 is 15.9 Å². The predicted molar refractivity (Wildman–Crippen MR) is 87.4 cm³/mol. The van der Waals surface area contributed by atoms with Crippen LogP contribution in [0.2, 0.25) is 0 Å². The van der Waals surface area contributed by atoms with E-state index in [2.05, 4.69) is 38.5 Å². The maximum Gasteiger partial charge on any atom is 0.255 e. The van der Waals surface area contributed by atoms with E-state index in [1.165, 1.54) is 25.7 Å². The first-order valence-corrected chi connectivity index (χ1v) is 8.68. The molecule has 2 fully saturated rings. The molecule has 1 amide bonds. The van der Waals surface area contributed by atoms with E-state index >= 15 is 0 Å². The zero-order valence-corrected chi connectivity index (χ0v) is 13.9. The SMILES string of the molecule is CCCNc1ncc(Br)cc1C(=O)NC(C1CC1)C1CC1. The molecule has 0 saturated heterocycles. The molecule has 2 aliphatic rings. The van der Waals surface area contributed by atoms with Crippen LogP contribution in [0.25, 0.3) is 0 Å². The van der Waals surface area contributed by atoms with Gasteiger partial charge in [-0.25, -0.2) is 4.98 Å². The Morgan fingerprint density at radius 3 is 2.62 bits per heavy atom. The Morgan fingerprint density at radius 2 is 2.05 bits per heavy atom. The Hall–Kier alpha value is -1.10. The van der Waals surface area contributed by atoms with Crippen molar-refractivity contribution in [2.75, 3.05) is 11.9 Å². The van der Waals surface area contributed by atoms with Crippen molar-refractivity contribution in [2.24, 2.45) is 11.8 Å². The Morgan fingerprint density at radius 1 is 1.38 bits per heavy atom. The van der Waals surface area contributed by atoms with Crippen molar-refractivity contribution in [1.29, 1.82) is 0 Å². The number of aromatic nitrogens is 1. The molecule has 0 aromatic carbocycles. The van der Waals surface area contributed by atoms with Crippen LogP contribution in [0.3, 0.4) is 0 Å². The summed E-state index contributed by atoms with van der Waals surface area (Å²) in [7, 11) is 0. The molecule has 0 unspecified atom stereocenters. The summed E-state index contributed by atoms with van der Waals surface area (Å²) in [4.78, 5) is 17.0. The third-order valence-electron chi connectivity index (χ3n) is 4.20. The molecule has 3 rings (SSSR count). The monoisotopic (exact) mass is 351 g/mol. The molecule has 2 N–H and O–H groups in total. The first kappa shape index (κ1) is 14.8. The van der Waals surface area contributed by atoms with Crippen molar-refractivity contribution in [3.63, 3.8) is 0 Å². The van der Waals surface area contributed by atoms with Gasteiger partial charge in [0.25, 0.3) is 5.91 Å². The molecular formula is C16H22BrN3O. The minimum atomic E-state index is 0.00574. The first-order valence-electron chi connectivity index (χ1n) is 7.89. The van der Waals surface area contributed by atoms with Crippen molar-refractivity contribution < 1.29 is 4.79 Å². The van der Waals surface area contributed by atoms with Gasteiger partial charge in [0.05, 0.1) is 5.56 Å². The number of carbonyl (C=O) groups excluding carboxylic acids is 1. The summed E-state index contributed by atoms with van der Waals surface area (Å²) in [6.45, 7) is 2.92. The van der Waals surface area contributed by atoms with Gasteiger partial charge in [0.2, 0.25) is 0 Å². The van der Waals surface area contributed by atoms with Gasteiger partial charge in [-0.05, 0) is 65.9 Å². The van der Waals surface area contributed by atoms with Crippen molar-refractivity contribution in [1.82, 2.24) is 10.3 Å². The van der Waals surface area contributed by atoms with Gasteiger partial charge in [0.15, 0.2) is 0 Å². The third kappa shape index (κ3) is 3.76. The zero-order chi connectivity index (χ0) is 14.8. The standard InChI is InChI=1S/C16H22BrN3O/c1-2-7-18-15-13(8-12(17)9-19-15)16(21)20-14(10-3-4-10)11-5-6-11/h8-11,14H,2-7H2,1H3,(H,18,19)(H,20,21). The summed E-state index contributed by atoms with van der Waals surface area (Å²) in [5.74, 6) is 2.09. The lowest BCUT2D eigenvalue weighted by molar-refractivity contribution is 0.0926. The Balaban J connectivity index is 1.74. The van der Waals surface area contributed by atoms with Gasteiger partial charge >= 0.3 is 0 Å². The van der Waals surface area contributed by atoms with Gasteiger partial charge in [-0.1, -0.05) is 6.92 Å². The number of carbonyl (C=O) groups is 1. The number of hydrogen-bond acceptors (Lipinski definition) is 3. The van der Waals surface area contributed by atoms with Crippen molar-refractivity contribution in [3.8, 4) is 0 Å². The average molecular weight is 352 g/mol. The lowest BCUT2D eigenvalue weighted by Crippen LogP contribution is -2.38. The average Bonchev–Trinajstić information content (AvgIpc) is 3.36. The van der Waals surface area contributed by atoms with Gasteiger partial charge in [-0.2, -0.15) is 0 Å². The van der Waals surface area contributed by atoms with E-state index in [1.54, 1.807) is 6.20 Å². The minimum absolute atomic E-state index is 0.00574. The normalized spacial score (nSPS) is 17.9. The van der Waals surface area contributed by atoms with Crippen LogP contribution in [0.5, 0.6) is 0 Å². The number of nitrogens with one attached hydrogen (secondary N) is 2. The first-order chi connectivity index (χ1) is 10.2. The van der Waals surface area contributed by atoms with E-state index in [9.17, 15) is 4.79 Å². The molecule has 1 aromatic heterocycles. The van der Waals surface area contributed by atoms with E-state index in [0.29, 0.717) is 29.3 Å². The molecule has 1 aromatic rings. The maximum absolute atomic E-state index is 12.6. The second-order valence-corrected chi connectivity index (χ2v) is 7.07. The Bertz CT molecular complexity index is 514. The number of nitrogens with zero attached hydrogens (tertiary/aromatic N) is 1. The highest BCUT2D eigenvalue weighted by atomic mass is 79.9. The van der Waals surface area contributed by atoms with Gasteiger partial charge < -0.3 is 10.6 Å². The summed E-state index contributed by atoms with van der Waals surface area (Å²) in [6, 6.07) is 2.23.